The SMILES string of the molecule is [c]1cc(-c2cccc3ccccc23)ccn1. The Balaban J connectivity index is 2.32. The van der Waals surface area contributed by atoms with Gasteiger partial charge in [0.15, 0.2) is 0 Å². The van der Waals surface area contributed by atoms with Crippen LogP contribution in [0.1, 0.15) is 0 Å². The van der Waals surface area contributed by atoms with Crippen LogP contribution in [0.3, 0.4) is 0 Å². The maximum Gasteiger partial charge on any atom is 0.0892 e. The Hall–Kier alpha value is -2.15. The normalized spacial score (nSPS) is 10.5. The molecule has 2 aromatic carbocycles. The van der Waals surface area contributed by atoms with Gasteiger partial charge in [-0.15, -0.1) is 0 Å². The van der Waals surface area contributed by atoms with Gasteiger partial charge in [-0.3, -0.25) is 4.98 Å². The Labute approximate surface area is 94.4 Å². The number of nitrogens with zero attached hydrogens (tertiary/aromatic N) is 1. The molecule has 0 aliphatic rings. The van der Waals surface area contributed by atoms with E-state index in [0.717, 1.165) is 5.56 Å². The largest absolute Gasteiger partial charge is 0.255 e. The van der Waals surface area contributed by atoms with E-state index < -0.39 is 0 Å². The summed E-state index contributed by atoms with van der Waals surface area (Å²) in [6, 6.07) is 18.7. The maximum atomic E-state index is 3.93. The van der Waals surface area contributed by atoms with Gasteiger partial charge in [-0.25, -0.2) is 0 Å². The van der Waals surface area contributed by atoms with E-state index in [1.54, 1.807) is 6.20 Å². The Kier molecular flexibility index (Phi) is 2.15. The molecule has 0 saturated heterocycles. The van der Waals surface area contributed by atoms with Gasteiger partial charge in [-0.2, -0.15) is 0 Å². The summed E-state index contributed by atoms with van der Waals surface area (Å²) in [5.74, 6) is 0. The summed E-state index contributed by atoms with van der Waals surface area (Å²) >= 11 is 0. The first-order chi connectivity index (χ1) is 7.95. The number of fused-ring (bicyclic) bond motifs is 1. The Morgan fingerprint density at radius 2 is 1.75 bits per heavy atom. The Morgan fingerprint density at radius 1 is 0.875 bits per heavy atom. The van der Waals surface area contributed by atoms with Crippen molar-refractivity contribution in [2.24, 2.45) is 0 Å². The van der Waals surface area contributed by atoms with Crippen molar-refractivity contribution >= 4 is 10.8 Å². The summed E-state index contributed by atoms with van der Waals surface area (Å²) in [6.07, 6.45) is 4.65. The van der Waals surface area contributed by atoms with Crippen LogP contribution in [0.5, 0.6) is 0 Å². The first-order valence-electron chi connectivity index (χ1n) is 5.25. The van der Waals surface area contributed by atoms with Gasteiger partial charge >= 0.3 is 0 Å². The first-order valence-corrected chi connectivity index (χ1v) is 5.25. The smallest absolute Gasteiger partial charge is 0.0892 e. The minimum atomic E-state index is 1.16. The van der Waals surface area contributed by atoms with E-state index in [2.05, 4.69) is 53.6 Å². The van der Waals surface area contributed by atoms with Gasteiger partial charge in [0.05, 0.1) is 6.20 Å². The summed E-state index contributed by atoms with van der Waals surface area (Å²) in [6.45, 7) is 0. The van der Waals surface area contributed by atoms with Crippen molar-refractivity contribution in [2.75, 3.05) is 0 Å². The molecule has 0 aliphatic carbocycles. The monoisotopic (exact) mass is 204 g/mol. The highest BCUT2D eigenvalue weighted by atomic mass is 14.6. The molecular formula is C15H10N. The molecule has 0 atom stereocenters. The summed E-state index contributed by atoms with van der Waals surface area (Å²) in [5, 5.41) is 2.53. The van der Waals surface area contributed by atoms with E-state index >= 15 is 0 Å². The molecule has 3 rings (SSSR count). The highest BCUT2D eigenvalue weighted by Crippen LogP contribution is 2.27. The van der Waals surface area contributed by atoms with Crippen LogP contribution in [0, 0.1) is 6.20 Å². The molecule has 1 radical (unpaired) electrons. The molecule has 0 unspecified atom stereocenters. The average Bonchev–Trinajstić information content (AvgIpc) is 2.39. The lowest BCUT2D eigenvalue weighted by molar-refractivity contribution is 1.31. The fourth-order valence-corrected chi connectivity index (χ4v) is 1.96. The highest BCUT2D eigenvalue weighted by molar-refractivity contribution is 5.96. The third kappa shape index (κ3) is 1.47. The maximum absolute atomic E-state index is 3.93. The van der Waals surface area contributed by atoms with Crippen LogP contribution in [-0.4, -0.2) is 4.98 Å². The molecule has 16 heavy (non-hydrogen) atoms. The second-order valence-electron chi connectivity index (χ2n) is 3.70. The van der Waals surface area contributed by atoms with Gasteiger partial charge in [0.25, 0.3) is 0 Å². The fourth-order valence-electron chi connectivity index (χ4n) is 1.96. The van der Waals surface area contributed by atoms with Crippen molar-refractivity contribution < 1.29 is 0 Å². The van der Waals surface area contributed by atoms with Gasteiger partial charge in [0, 0.05) is 6.20 Å². The van der Waals surface area contributed by atoms with Crippen molar-refractivity contribution in [1.82, 2.24) is 4.98 Å². The number of pyridine rings is 1. The van der Waals surface area contributed by atoms with Crippen LogP contribution in [-0.2, 0) is 0 Å². The standard InChI is InChI=1S/C15H10N/c1-2-6-14-12(4-1)5-3-7-15(14)13-8-10-16-11-9-13/h1-10H. The van der Waals surface area contributed by atoms with Gasteiger partial charge in [-0.1, -0.05) is 42.5 Å². The Morgan fingerprint density at radius 3 is 2.62 bits per heavy atom. The van der Waals surface area contributed by atoms with Crippen molar-refractivity contribution in [2.45, 2.75) is 0 Å². The van der Waals surface area contributed by atoms with E-state index in [1.807, 2.05) is 12.1 Å². The minimum absolute atomic E-state index is 1.16. The molecule has 1 nitrogen and oxygen atoms in total. The van der Waals surface area contributed by atoms with E-state index in [4.69, 9.17) is 0 Å². The molecule has 0 fully saturated rings. The molecule has 1 heterocycles. The number of benzene rings is 2. The number of rotatable bonds is 1. The summed E-state index contributed by atoms with van der Waals surface area (Å²) in [4.78, 5) is 3.93. The first kappa shape index (κ1) is 9.10. The molecular weight excluding hydrogens is 194 g/mol. The van der Waals surface area contributed by atoms with Gasteiger partial charge in [-0.05, 0) is 34.0 Å². The summed E-state index contributed by atoms with van der Waals surface area (Å²) < 4.78 is 0. The molecule has 0 N–H and O–H groups in total. The second-order valence-corrected chi connectivity index (χ2v) is 3.70. The third-order valence-corrected chi connectivity index (χ3v) is 2.72. The van der Waals surface area contributed by atoms with Crippen molar-refractivity contribution in [3.05, 3.63) is 67.0 Å². The zero-order valence-electron chi connectivity index (χ0n) is 8.72. The van der Waals surface area contributed by atoms with E-state index in [1.165, 1.54) is 16.3 Å². The topological polar surface area (TPSA) is 12.9 Å². The predicted octanol–water partition coefficient (Wildman–Crippen LogP) is 3.70. The second kappa shape index (κ2) is 3.78. The van der Waals surface area contributed by atoms with Crippen molar-refractivity contribution in [3.63, 3.8) is 0 Å². The van der Waals surface area contributed by atoms with Crippen molar-refractivity contribution in [1.29, 1.82) is 0 Å². The van der Waals surface area contributed by atoms with Crippen LogP contribution in [0.25, 0.3) is 21.9 Å². The number of hydrogen-bond acceptors (Lipinski definition) is 1. The Bertz CT molecular complexity index is 609. The van der Waals surface area contributed by atoms with Crippen LogP contribution in [0.2, 0.25) is 0 Å². The van der Waals surface area contributed by atoms with Gasteiger partial charge in [0.2, 0.25) is 0 Å². The summed E-state index contributed by atoms with van der Waals surface area (Å²) in [5.41, 5.74) is 2.39. The molecule has 0 spiro atoms. The average molecular weight is 204 g/mol. The van der Waals surface area contributed by atoms with Crippen LogP contribution in [0.4, 0.5) is 0 Å². The third-order valence-electron chi connectivity index (χ3n) is 2.72. The van der Waals surface area contributed by atoms with E-state index in [-0.39, 0.29) is 0 Å². The quantitative estimate of drug-likeness (QED) is 0.589. The molecule has 0 amide bonds. The van der Waals surface area contributed by atoms with Crippen LogP contribution in [0.15, 0.2) is 60.8 Å². The molecule has 75 valence electrons. The molecule has 1 aromatic heterocycles. The van der Waals surface area contributed by atoms with Crippen LogP contribution >= 0.6 is 0 Å². The van der Waals surface area contributed by atoms with E-state index in [9.17, 15) is 0 Å². The van der Waals surface area contributed by atoms with Crippen LogP contribution < -0.4 is 0 Å². The molecule has 3 aromatic rings. The molecule has 1 heteroatoms. The molecule has 0 saturated carbocycles. The number of aromatic nitrogens is 1. The molecule has 0 aliphatic heterocycles. The highest BCUT2D eigenvalue weighted by Gasteiger charge is 2.01. The zero-order valence-corrected chi connectivity index (χ0v) is 8.72. The molecule has 0 bridgehead atoms. The van der Waals surface area contributed by atoms with E-state index in [0.29, 0.717) is 0 Å². The minimum Gasteiger partial charge on any atom is -0.255 e. The summed E-state index contributed by atoms with van der Waals surface area (Å²) in [7, 11) is 0. The predicted molar refractivity (Wildman–Crippen MR) is 66.0 cm³/mol. The fraction of sp³-hybridized carbons (Fsp3) is 0. The lowest BCUT2D eigenvalue weighted by Gasteiger charge is -2.05. The lowest BCUT2D eigenvalue weighted by Crippen LogP contribution is -1.81. The van der Waals surface area contributed by atoms with Gasteiger partial charge in [0.1, 0.15) is 0 Å². The zero-order chi connectivity index (χ0) is 10.8. The van der Waals surface area contributed by atoms with Gasteiger partial charge < -0.3 is 0 Å². The lowest BCUT2D eigenvalue weighted by atomic mass is 9.99. The van der Waals surface area contributed by atoms with Crippen molar-refractivity contribution in [3.8, 4) is 11.1 Å². The number of hydrogen-bond donors (Lipinski definition) is 0.